The molecular formula is C16H15N3O. The number of ketones is 1. The van der Waals surface area contributed by atoms with E-state index in [0.717, 1.165) is 17.5 Å². The van der Waals surface area contributed by atoms with Gasteiger partial charge in [-0.25, -0.2) is 0 Å². The summed E-state index contributed by atoms with van der Waals surface area (Å²) in [6.07, 6.45) is 2.76. The van der Waals surface area contributed by atoms with Crippen LogP contribution in [0.2, 0.25) is 0 Å². The van der Waals surface area contributed by atoms with Crippen LogP contribution in [-0.4, -0.2) is 5.78 Å². The summed E-state index contributed by atoms with van der Waals surface area (Å²) in [5.74, 6) is 0.146. The van der Waals surface area contributed by atoms with Crippen molar-refractivity contribution in [3.63, 3.8) is 0 Å². The third-order valence-corrected chi connectivity index (χ3v) is 3.65. The number of carbonyl (C=O) groups excluding carboxylic acids is 1. The van der Waals surface area contributed by atoms with E-state index < -0.39 is 0 Å². The predicted molar refractivity (Wildman–Crippen MR) is 76.0 cm³/mol. The maximum atomic E-state index is 12.0. The summed E-state index contributed by atoms with van der Waals surface area (Å²) in [5.41, 5.74) is 2.49. The third-order valence-electron chi connectivity index (χ3n) is 3.65. The first-order valence-corrected chi connectivity index (χ1v) is 6.42. The molecule has 0 fully saturated rings. The first-order valence-electron chi connectivity index (χ1n) is 6.42. The smallest absolute Gasteiger partial charge is 0.163 e. The van der Waals surface area contributed by atoms with Crippen molar-refractivity contribution >= 4 is 11.5 Å². The number of Topliss-reactive ketones (excluding diaryl/α,β-unsaturated/α-hetero) is 1. The van der Waals surface area contributed by atoms with Crippen LogP contribution in [0.1, 0.15) is 42.6 Å². The summed E-state index contributed by atoms with van der Waals surface area (Å²) in [6, 6.07) is 9.16. The van der Waals surface area contributed by atoms with E-state index in [0.29, 0.717) is 12.1 Å². The highest BCUT2D eigenvalue weighted by Crippen LogP contribution is 2.37. The fourth-order valence-corrected chi connectivity index (χ4v) is 2.40. The average Bonchev–Trinajstić information content (AvgIpc) is 2.44. The Balaban J connectivity index is 2.36. The highest BCUT2D eigenvalue weighted by Gasteiger charge is 2.31. The van der Waals surface area contributed by atoms with E-state index in [-0.39, 0.29) is 16.8 Å². The van der Waals surface area contributed by atoms with Gasteiger partial charge in [0.1, 0.15) is 17.7 Å². The number of fused-ring (bicyclic) bond motifs is 1. The van der Waals surface area contributed by atoms with Crippen molar-refractivity contribution in [2.24, 2.45) is 0 Å². The summed E-state index contributed by atoms with van der Waals surface area (Å²) in [7, 11) is 0. The molecule has 0 atom stereocenters. The second-order valence-corrected chi connectivity index (χ2v) is 5.49. The molecule has 0 saturated heterocycles. The molecule has 4 heteroatoms. The second kappa shape index (κ2) is 5.19. The lowest BCUT2D eigenvalue weighted by Gasteiger charge is -2.31. The van der Waals surface area contributed by atoms with Gasteiger partial charge in [-0.3, -0.25) is 4.79 Å². The molecule has 0 radical (unpaired) electrons. The monoisotopic (exact) mass is 265 g/mol. The Bertz CT molecular complexity index is 656. The van der Waals surface area contributed by atoms with Gasteiger partial charge in [-0.15, -0.1) is 0 Å². The van der Waals surface area contributed by atoms with Gasteiger partial charge in [0, 0.05) is 23.9 Å². The third kappa shape index (κ3) is 2.55. The van der Waals surface area contributed by atoms with Crippen LogP contribution in [0.3, 0.4) is 0 Å². The van der Waals surface area contributed by atoms with Gasteiger partial charge in [0.25, 0.3) is 0 Å². The minimum atomic E-state index is -0.00521. The van der Waals surface area contributed by atoms with Crippen molar-refractivity contribution in [3.05, 3.63) is 41.1 Å². The van der Waals surface area contributed by atoms with Gasteiger partial charge >= 0.3 is 0 Å². The zero-order valence-electron chi connectivity index (χ0n) is 11.5. The minimum absolute atomic E-state index is 0.00206. The molecule has 100 valence electrons. The molecule has 1 aromatic rings. The Morgan fingerprint density at radius 1 is 1.35 bits per heavy atom. The number of anilines is 1. The molecule has 0 heterocycles. The number of hydrogen-bond donors (Lipinski definition) is 1. The summed E-state index contributed by atoms with van der Waals surface area (Å²) in [6.45, 7) is 4.27. The fraction of sp³-hybridized carbons (Fsp3) is 0.312. The van der Waals surface area contributed by atoms with Gasteiger partial charge in [-0.2, -0.15) is 10.5 Å². The second-order valence-electron chi connectivity index (χ2n) is 5.49. The van der Waals surface area contributed by atoms with Crippen LogP contribution in [0.4, 0.5) is 5.69 Å². The molecule has 1 N–H and O–H groups in total. The number of nitrogens with zero attached hydrogens (tertiary/aromatic N) is 2. The van der Waals surface area contributed by atoms with Gasteiger partial charge in [-0.1, -0.05) is 19.9 Å². The number of rotatable bonds is 2. The lowest BCUT2D eigenvalue weighted by molar-refractivity contribution is 0.0957. The van der Waals surface area contributed by atoms with Gasteiger partial charge in [0.05, 0.1) is 0 Å². The Labute approximate surface area is 118 Å². The molecule has 1 aliphatic rings. The van der Waals surface area contributed by atoms with Crippen molar-refractivity contribution in [1.29, 1.82) is 10.5 Å². The van der Waals surface area contributed by atoms with E-state index in [9.17, 15) is 4.79 Å². The zero-order chi connectivity index (χ0) is 14.8. The zero-order valence-corrected chi connectivity index (χ0v) is 11.5. The average molecular weight is 265 g/mol. The lowest BCUT2D eigenvalue weighted by atomic mass is 9.72. The SMILES string of the molecule is CC1(C)CCC(=O)c2cc(NC=C(C#N)C#N)ccc21. The van der Waals surface area contributed by atoms with Crippen molar-refractivity contribution in [1.82, 2.24) is 0 Å². The summed E-state index contributed by atoms with van der Waals surface area (Å²) in [4.78, 5) is 12.0. The molecule has 20 heavy (non-hydrogen) atoms. The molecule has 1 aliphatic carbocycles. The number of carbonyl (C=O) groups is 1. The van der Waals surface area contributed by atoms with Gasteiger partial charge < -0.3 is 5.32 Å². The standard InChI is InChI=1S/C16H15N3O/c1-16(2)6-5-15(20)13-7-12(3-4-14(13)16)19-10-11(8-17)9-18/h3-4,7,10,19H,5-6H2,1-2H3. The predicted octanol–water partition coefficient (Wildman–Crippen LogP) is 3.28. The Morgan fingerprint density at radius 2 is 2.05 bits per heavy atom. The van der Waals surface area contributed by atoms with Crippen LogP contribution in [-0.2, 0) is 5.41 Å². The summed E-state index contributed by atoms with van der Waals surface area (Å²) >= 11 is 0. The Morgan fingerprint density at radius 3 is 2.70 bits per heavy atom. The molecule has 0 unspecified atom stereocenters. The summed E-state index contributed by atoms with van der Waals surface area (Å²) in [5, 5.41) is 20.2. The van der Waals surface area contributed by atoms with Crippen molar-refractivity contribution in [2.75, 3.05) is 5.32 Å². The van der Waals surface area contributed by atoms with E-state index in [1.807, 2.05) is 12.1 Å². The first-order chi connectivity index (χ1) is 9.47. The van der Waals surface area contributed by atoms with Crippen LogP contribution in [0, 0.1) is 22.7 Å². The Hall–Kier alpha value is -2.59. The number of benzene rings is 1. The highest BCUT2D eigenvalue weighted by molar-refractivity contribution is 6.00. The van der Waals surface area contributed by atoms with E-state index in [1.165, 1.54) is 6.20 Å². The molecule has 0 saturated carbocycles. The van der Waals surface area contributed by atoms with Crippen LogP contribution in [0.15, 0.2) is 30.0 Å². The van der Waals surface area contributed by atoms with Crippen molar-refractivity contribution in [2.45, 2.75) is 32.1 Å². The molecule has 0 spiro atoms. The normalized spacial score (nSPS) is 15.5. The maximum absolute atomic E-state index is 12.0. The first kappa shape index (κ1) is 13.8. The lowest BCUT2D eigenvalue weighted by Crippen LogP contribution is -2.27. The van der Waals surface area contributed by atoms with Crippen LogP contribution >= 0.6 is 0 Å². The van der Waals surface area contributed by atoms with Gasteiger partial charge in [0.2, 0.25) is 0 Å². The molecule has 0 amide bonds. The molecule has 4 nitrogen and oxygen atoms in total. The summed E-state index contributed by atoms with van der Waals surface area (Å²) < 4.78 is 0. The molecule has 1 aromatic carbocycles. The minimum Gasteiger partial charge on any atom is -0.360 e. The number of hydrogen-bond acceptors (Lipinski definition) is 4. The number of nitriles is 2. The fourth-order valence-electron chi connectivity index (χ4n) is 2.40. The maximum Gasteiger partial charge on any atom is 0.163 e. The quantitative estimate of drug-likeness (QED) is 0.832. The number of allylic oxidation sites excluding steroid dienone is 1. The van der Waals surface area contributed by atoms with Crippen molar-refractivity contribution in [3.8, 4) is 12.1 Å². The molecule has 0 aromatic heterocycles. The Kier molecular flexibility index (Phi) is 3.59. The van der Waals surface area contributed by atoms with Crippen LogP contribution in [0.5, 0.6) is 0 Å². The van der Waals surface area contributed by atoms with E-state index >= 15 is 0 Å². The van der Waals surface area contributed by atoms with Crippen LogP contribution in [0.25, 0.3) is 0 Å². The van der Waals surface area contributed by atoms with Gasteiger partial charge in [-0.05, 0) is 29.5 Å². The molecule has 0 bridgehead atoms. The molecule has 2 rings (SSSR count). The molecular weight excluding hydrogens is 250 g/mol. The topological polar surface area (TPSA) is 76.7 Å². The van der Waals surface area contributed by atoms with Crippen LogP contribution < -0.4 is 5.32 Å². The van der Waals surface area contributed by atoms with E-state index in [4.69, 9.17) is 10.5 Å². The largest absolute Gasteiger partial charge is 0.360 e. The van der Waals surface area contributed by atoms with Gasteiger partial charge in [0.15, 0.2) is 5.78 Å². The number of nitrogens with one attached hydrogen (secondary N) is 1. The highest BCUT2D eigenvalue weighted by atomic mass is 16.1. The van der Waals surface area contributed by atoms with E-state index in [2.05, 4.69) is 19.2 Å². The van der Waals surface area contributed by atoms with Crippen molar-refractivity contribution < 1.29 is 4.79 Å². The van der Waals surface area contributed by atoms with E-state index in [1.54, 1.807) is 18.2 Å². The molecule has 0 aliphatic heterocycles.